The molecule has 96 valence electrons. The van der Waals surface area contributed by atoms with Gasteiger partial charge in [0.1, 0.15) is 0 Å². The Balaban J connectivity index is 2.09. The Morgan fingerprint density at radius 1 is 1.06 bits per heavy atom. The maximum absolute atomic E-state index is 11.7. The fourth-order valence-corrected chi connectivity index (χ4v) is 2.59. The molecule has 0 spiro atoms. The first-order valence-electron chi connectivity index (χ1n) is 6.58. The van der Waals surface area contributed by atoms with Gasteiger partial charge < -0.3 is 5.32 Å². The van der Waals surface area contributed by atoms with Gasteiger partial charge in [-0.05, 0) is 24.3 Å². The Morgan fingerprint density at radius 2 is 1.67 bits per heavy atom. The summed E-state index contributed by atoms with van der Waals surface area (Å²) in [4.78, 5) is 22.9. The third kappa shape index (κ3) is 2.78. The van der Waals surface area contributed by atoms with Crippen molar-refractivity contribution in [3.63, 3.8) is 0 Å². The van der Waals surface area contributed by atoms with Crippen LogP contribution in [0.1, 0.15) is 53.9 Å². The molecule has 1 aliphatic rings. The summed E-state index contributed by atoms with van der Waals surface area (Å²) in [6.07, 6.45) is 6.41. The molecule has 0 bridgehead atoms. The summed E-state index contributed by atoms with van der Waals surface area (Å²) in [6, 6.07) is 7.52. The highest BCUT2D eigenvalue weighted by molar-refractivity contribution is 6.42. The smallest absolute Gasteiger partial charge is 0.292 e. The van der Waals surface area contributed by atoms with Crippen molar-refractivity contribution in [1.29, 1.82) is 0 Å². The van der Waals surface area contributed by atoms with Crippen LogP contribution in [0.25, 0.3) is 0 Å². The zero-order valence-corrected chi connectivity index (χ0v) is 10.7. The van der Waals surface area contributed by atoms with Crippen LogP contribution < -0.4 is 5.32 Å². The maximum atomic E-state index is 11.7. The molecule has 3 nitrogen and oxygen atoms in total. The predicted molar refractivity (Wildman–Crippen MR) is 70.7 cm³/mol. The van der Waals surface area contributed by atoms with Crippen molar-refractivity contribution in [2.75, 3.05) is 7.05 Å². The number of hydrogen-bond donors (Lipinski definition) is 1. The lowest BCUT2D eigenvalue weighted by molar-refractivity contribution is -0.116. The summed E-state index contributed by atoms with van der Waals surface area (Å²) in [5, 5.41) is 2.35. The number of benzene rings is 1. The van der Waals surface area contributed by atoms with E-state index in [1.54, 1.807) is 12.1 Å². The van der Waals surface area contributed by atoms with E-state index in [0.717, 1.165) is 0 Å². The van der Waals surface area contributed by atoms with E-state index >= 15 is 0 Å². The minimum absolute atomic E-state index is 0.465. The Labute approximate surface area is 108 Å². The van der Waals surface area contributed by atoms with E-state index in [9.17, 15) is 9.59 Å². The zero-order chi connectivity index (χ0) is 13.0. The topological polar surface area (TPSA) is 46.2 Å². The average Bonchev–Trinajstić information content (AvgIpc) is 2.47. The van der Waals surface area contributed by atoms with Gasteiger partial charge in [0.15, 0.2) is 0 Å². The highest BCUT2D eigenvalue weighted by atomic mass is 16.2. The minimum atomic E-state index is -0.555. The molecule has 0 aliphatic heterocycles. The first-order valence-corrected chi connectivity index (χ1v) is 6.58. The molecule has 1 aromatic carbocycles. The van der Waals surface area contributed by atoms with E-state index in [2.05, 4.69) is 5.32 Å². The Morgan fingerprint density at radius 3 is 2.22 bits per heavy atom. The fourth-order valence-electron chi connectivity index (χ4n) is 2.59. The van der Waals surface area contributed by atoms with E-state index in [1.807, 2.05) is 12.1 Å². The van der Waals surface area contributed by atoms with Crippen LogP contribution in [0.4, 0.5) is 0 Å². The molecular weight excluding hydrogens is 226 g/mol. The van der Waals surface area contributed by atoms with E-state index in [4.69, 9.17) is 0 Å². The zero-order valence-electron chi connectivity index (χ0n) is 10.7. The van der Waals surface area contributed by atoms with Gasteiger partial charge in [-0.25, -0.2) is 0 Å². The number of nitrogens with one attached hydrogen (secondary N) is 1. The second-order valence-electron chi connectivity index (χ2n) is 4.87. The normalized spacial score (nSPS) is 16.3. The van der Waals surface area contributed by atoms with Gasteiger partial charge in [0.05, 0.1) is 0 Å². The molecule has 0 aromatic heterocycles. The van der Waals surface area contributed by atoms with Gasteiger partial charge in [0.25, 0.3) is 5.91 Å². The molecule has 1 amide bonds. The van der Waals surface area contributed by atoms with Crippen LogP contribution in [0.15, 0.2) is 24.3 Å². The highest BCUT2D eigenvalue weighted by Crippen LogP contribution is 2.32. The van der Waals surface area contributed by atoms with Crippen molar-refractivity contribution >= 4 is 11.7 Å². The molecular formula is C15H19NO2. The highest BCUT2D eigenvalue weighted by Gasteiger charge is 2.17. The summed E-state index contributed by atoms with van der Waals surface area (Å²) >= 11 is 0. The number of Topliss-reactive ketones (excluding diaryl/α,β-unsaturated/α-hetero) is 1. The summed E-state index contributed by atoms with van der Waals surface area (Å²) in [7, 11) is 1.47. The lowest BCUT2D eigenvalue weighted by Crippen LogP contribution is -2.27. The monoisotopic (exact) mass is 245 g/mol. The molecule has 0 radical (unpaired) electrons. The van der Waals surface area contributed by atoms with E-state index < -0.39 is 11.7 Å². The molecule has 1 aliphatic carbocycles. The first kappa shape index (κ1) is 12.8. The van der Waals surface area contributed by atoms with Gasteiger partial charge in [0, 0.05) is 12.6 Å². The minimum Gasteiger partial charge on any atom is -0.352 e. The predicted octanol–water partition coefficient (Wildman–Crippen LogP) is 2.66. The van der Waals surface area contributed by atoms with Gasteiger partial charge in [-0.2, -0.15) is 0 Å². The quantitative estimate of drug-likeness (QED) is 0.657. The Hall–Kier alpha value is -1.64. The standard InChI is InChI=1S/C15H19NO2/c1-16-15(18)14(17)13-9-7-12(8-10-13)11-5-3-2-4-6-11/h7-11H,2-6H2,1H3,(H,16,18). The number of amides is 1. The Kier molecular flexibility index (Phi) is 4.13. The van der Waals surface area contributed by atoms with Gasteiger partial charge in [-0.15, -0.1) is 0 Å². The lowest BCUT2D eigenvalue weighted by Gasteiger charge is -2.21. The van der Waals surface area contributed by atoms with Crippen molar-refractivity contribution in [2.45, 2.75) is 38.0 Å². The van der Waals surface area contributed by atoms with Crippen LogP contribution in [-0.4, -0.2) is 18.7 Å². The van der Waals surface area contributed by atoms with Gasteiger partial charge in [-0.1, -0.05) is 43.5 Å². The molecule has 2 rings (SSSR count). The number of rotatable bonds is 3. The third-order valence-electron chi connectivity index (χ3n) is 3.68. The fraction of sp³-hybridized carbons (Fsp3) is 0.467. The van der Waals surface area contributed by atoms with Crippen molar-refractivity contribution in [2.24, 2.45) is 0 Å². The molecule has 0 saturated heterocycles. The van der Waals surface area contributed by atoms with Gasteiger partial charge in [0.2, 0.25) is 5.78 Å². The molecule has 1 fully saturated rings. The second-order valence-corrected chi connectivity index (χ2v) is 4.87. The van der Waals surface area contributed by atoms with E-state index in [-0.39, 0.29) is 0 Å². The number of ketones is 1. The van der Waals surface area contributed by atoms with Crippen LogP contribution in [0.5, 0.6) is 0 Å². The summed E-state index contributed by atoms with van der Waals surface area (Å²) < 4.78 is 0. The van der Waals surface area contributed by atoms with Crippen LogP contribution >= 0.6 is 0 Å². The molecule has 0 atom stereocenters. The Bertz CT molecular complexity index is 430. The van der Waals surface area contributed by atoms with Crippen molar-refractivity contribution in [3.05, 3.63) is 35.4 Å². The number of hydrogen-bond acceptors (Lipinski definition) is 2. The largest absolute Gasteiger partial charge is 0.352 e. The van der Waals surface area contributed by atoms with Crippen molar-refractivity contribution < 1.29 is 9.59 Å². The maximum Gasteiger partial charge on any atom is 0.292 e. The average molecular weight is 245 g/mol. The summed E-state index contributed by atoms with van der Waals surface area (Å²) in [6.45, 7) is 0. The first-order chi connectivity index (χ1) is 8.72. The summed E-state index contributed by atoms with van der Waals surface area (Å²) in [5.41, 5.74) is 1.76. The van der Waals surface area contributed by atoms with E-state index in [0.29, 0.717) is 11.5 Å². The van der Waals surface area contributed by atoms with Crippen LogP contribution in [-0.2, 0) is 4.79 Å². The third-order valence-corrected chi connectivity index (χ3v) is 3.68. The molecule has 3 heteroatoms. The van der Waals surface area contributed by atoms with Crippen molar-refractivity contribution in [3.8, 4) is 0 Å². The van der Waals surface area contributed by atoms with Crippen LogP contribution in [0.2, 0.25) is 0 Å². The molecule has 1 aromatic rings. The van der Waals surface area contributed by atoms with Crippen LogP contribution in [0.3, 0.4) is 0 Å². The molecule has 1 saturated carbocycles. The van der Waals surface area contributed by atoms with Gasteiger partial charge in [-0.3, -0.25) is 9.59 Å². The molecule has 1 N–H and O–H groups in total. The number of carbonyl (C=O) groups excluding carboxylic acids is 2. The number of likely N-dealkylation sites (N-methyl/N-ethyl adjacent to an activating group) is 1. The molecule has 0 heterocycles. The summed E-state index contributed by atoms with van der Waals surface area (Å²) in [5.74, 6) is -0.393. The lowest BCUT2D eigenvalue weighted by atomic mass is 9.84. The van der Waals surface area contributed by atoms with Gasteiger partial charge >= 0.3 is 0 Å². The van der Waals surface area contributed by atoms with E-state index in [1.165, 1.54) is 44.7 Å². The number of carbonyl (C=O) groups is 2. The SMILES string of the molecule is CNC(=O)C(=O)c1ccc(C2CCCCC2)cc1. The molecule has 0 unspecified atom stereocenters. The molecule has 18 heavy (non-hydrogen) atoms. The van der Waals surface area contributed by atoms with Crippen molar-refractivity contribution in [1.82, 2.24) is 5.32 Å². The van der Waals surface area contributed by atoms with Crippen LogP contribution in [0, 0.1) is 0 Å². The second kappa shape index (κ2) is 5.80.